The van der Waals surface area contributed by atoms with Crippen molar-refractivity contribution in [2.24, 2.45) is 5.92 Å². The standard InChI is InChI=1S/C12H13BrFNO2/c13-6-8-3-4-15(7-8)12(17)10-2-1-9(14)5-11(10)16/h1-2,5,8,16H,3-4,6-7H2. The Hall–Kier alpha value is -1.10. The van der Waals surface area contributed by atoms with Crippen LogP contribution in [0.4, 0.5) is 4.39 Å². The third-order valence-electron chi connectivity index (χ3n) is 2.98. The fourth-order valence-electron chi connectivity index (χ4n) is 2.00. The van der Waals surface area contributed by atoms with Crippen molar-refractivity contribution in [3.8, 4) is 5.75 Å². The minimum absolute atomic E-state index is 0.168. The first-order chi connectivity index (χ1) is 8.11. The topological polar surface area (TPSA) is 40.5 Å². The van der Waals surface area contributed by atoms with E-state index in [1.165, 1.54) is 12.1 Å². The number of alkyl halides is 1. The second kappa shape index (κ2) is 5.04. The number of carbonyl (C=O) groups is 1. The Labute approximate surface area is 107 Å². The van der Waals surface area contributed by atoms with Gasteiger partial charge in [-0.05, 0) is 24.5 Å². The van der Waals surface area contributed by atoms with Crippen LogP contribution in [0, 0.1) is 11.7 Å². The van der Waals surface area contributed by atoms with Crippen molar-refractivity contribution >= 4 is 21.8 Å². The number of rotatable bonds is 2. The Morgan fingerprint density at radius 3 is 2.94 bits per heavy atom. The van der Waals surface area contributed by atoms with Crippen LogP contribution in [0.15, 0.2) is 18.2 Å². The summed E-state index contributed by atoms with van der Waals surface area (Å²) >= 11 is 3.40. The van der Waals surface area contributed by atoms with Crippen LogP contribution in [0.5, 0.6) is 5.75 Å². The molecule has 1 unspecified atom stereocenters. The highest BCUT2D eigenvalue weighted by Gasteiger charge is 2.27. The predicted octanol–water partition coefficient (Wildman–Crippen LogP) is 2.39. The summed E-state index contributed by atoms with van der Waals surface area (Å²) in [6.45, 7) is 1.37. The Kier molecular flexibility index (Phi) is 3.66. The van der Waals surface area contributed by atoms with Gasteiger partial charge in [0.05, 0.1) is 5.56 Å². The lowest BCUT2D eigenvalue weighted by Gasteiger charge is -2.16. The monoisotopic (exact) mass is 301 g/mol. The maximum absolute atomic E-state index is 12.8. The zero-order chi connectivity index (χ0) is 12.4. The second-order valence-corrected chi connectivity index (χ2v) is 4.87. The molecule has 2 rings (SSSR count). The molecule has 1 amide bonds. The van der Waals surface area contributed by atoms with Crippen LogP contribution in [0.1, 0.15) is 16.8 Å². The van der Waals surface area contributed by atoms with Crippen molar-refractivity contribution in [2.45, 2.75) is 6.42 Å². The van der Waals surface area contributed by atoms with Crippen molar-refractivity contribution in [1.82, 2.24) is 4.90 Å². The van der Waals surface area contributed by atoms with E-state index in [1.807, 2.05) is 0 Å². The molecule has 0 spiro atoms. The van der Waals surface area contributed by atoms with Crippen molar-refractivity contribution in [1.29, 1.82) is 0 Å². The smallest absolute Gasteiger partial charge is 0.257 e. The van der Waals surface area contributed by atoms with Gasteiger partial charge in [-0.3, -0.25) is 4.79 Å². The number of carbonyl (C=O) groups excluding carboxylic acids is 1. The van der Waals surface area contributed by atoms with E-state index in [4.69, 9.17) is 0 Å². The molecule has 92 valence electrons. The Balaban J connectivity index is 2.15. The molecular formula is C12H13BrFNO2. The van der Waals surface area contributed by atoms with Crippen molar-refractivity contribution < 1.29 is 14.3 Å². The van der Waals surface area contributed by atoms with Gasteiger partial charge in [0, 0.05) is 24.5 Å². The SMILES string of the molecule is O=C(c1ccc(F)cc1O)N1CCC(CBr)C1. The minimum Gasteiger partial charge on any atom is -0.507 e. The quantitative estimate of drug-likeness (QED) is 0.852. The summed E-state index contributed by atoms with van der Waals surface area (Å²) < 4.78 is 12.8. The minimum atomic E-state index is -0.543. The average Bonchev–Trinajstić information content (AvgIpc) is 2.76. The number of phenols is 1. The van der Waals surface area contributed by atoms with Gasteiger partial charge >= 0.3 is 0 Å². The van der Waals surface area contributed by atoms with Crippen LogP contribution in [0.2, 0.25) is 0 Å². The number of aromatic hydroxyl groups is 1. The third-order valence-corrected chi connectivity index (χ3v) is 3.90. The summed E-state index contributed by atoms with van der Waals surface area (Å²) in [5.74, 6) is -0.608. The maximum Gasteiger partial charge on any atom is 0.257 e. The molecule has 1 N–H and O–H groups in total. The van der Waals surface area contributed by atoms with Crippen LogP contribution in [0.3, 0.4) is 0 Å². The lowest BCUT2D eigenvalue weighted by molar-refractivity contribution is 0.0785. The molecule has 1 heterocycles. The number of halogens is 2. The molecule has 5 heteroatoms. The molecule has 1 saturated heterocycles. The Bertz CT molecular complexity index is 439. The molecule has 0 radical (unpaired) electrons. The van der Waals surface area contributed by atoms with Crippen molar-refractivity contribution in [3.63, 3.8) is 0 Å². The van der Waals surface area contributed by atoms with Crippen molar-refractivity contribution in [2.75, 3.05) is 18.4 Å². The highest BCUT2D eigenvalue weighted by molar-refractivity contribution is 9.09. The van der Waals surface area contributed by atoms with E-state index < -0.39 is 5.82 Å². The number of hydrogen-bond donors (Lipinski definition) is 1. The number of nitrogens with zero attached hydrogens (tertiary/aromatic N) is 1. The first-order valence-corrected chi connectivity index (χ1v) is 6.57. The Morgan fingerprint density at radius 1 is 1.59 bits per heavy atom. The molecule has 1 aromatic rings. The van der Waals surface area contributed by atoms with E-state index in [9.17, 15) is 14.3 Å². The summed E-state index contributed by atoms with van der Waals surface area (Å²) in [7, 11) is 0. The largest absolute Gasteiger partial charge is 0.507 e. The predicted molar refractivity (Wildman–Crippen MR) is 65.9 cm³/mol. The summed E-state index contributed by atoms with van der Waals surface area (Å²) in [5, 5.41) is 10.4. The molecule has 0 aromatic heterocycles. The molecule has 0 aliphatic carbocycles. The van der Waals surface area contributed by atoms with Crippen LogP contribution in [-0.2, 0) is 0 Å². The van der Waals surface area contributed by atoms with Gasteiger partial charge < -0.3 is 10.0 Å². The third kappa shape index (κ3) is 2.60. The van der Waals surface area contributed by atoms with Crippen LogP contribution in [0.25, 0.3) is 0 Å². The Morgan fingerprint density at radius 2 is 2.35 bits per heavy atom. The maximum atomic E-state index is 12.8. The summed E-state index contributed by atoms with van der Waals surface area (Å²) in [4.78, 5) is 13.8. The number of amides is 1. The highest BCUT2D eigenvalue weighted by atomic mass is 79.9. The summed E-state index contributed by atoms with van der Waals surface area (Å²) in [5.41, 5.74) is 0.168. The molecular weight excluding hydrogens is 289 g/mol. The van der Waals surface area contributed by atoms with E-state index >= 15 is 0 Å². The lowest BCUT2D eigenvalue weighted by atomic mass is 10.1. The van der Waals surface area contributed by atoms with Crippen LogP contribution in [-0.4, -0.2) is 34.3 Å². The van der Waals surface area contributed by atoms with Crippen LogP contribution >= 0.6 is 15.9 Å². The molecule has 0 bridgehead atoms. The van der Waals surface area contributed by atoms with Gasteiger partial charge in [0.2, 0.25) is 0 Å². The highest BCUT2D eigenvalue weighted by Crippen LogP contribution is 2.24. The molecule has 0 saturated carbocycles. The number of phenolic OH excluding ortho intramolecular Hbond substituents is 1. The molecule has 1 fully saturated rings. The van der Waals surface area contributed by atoms with E-state index in [1.54, 1.807) is 4.90 Å². The number of hydrogen-bond acceptors (Lipinski definition) is 2. The summed E-state index contributed by atoms with van der Waals surface area (Å²) in [6, 6.07) is 3.48. The van der Waals surface area contributed by atoms with E-state index in [-0.39, 0.29) is 17.2 Å². The first kappa shape index (κ1) is 12.4. The molecule has 1 aromatic carbocycles. The fourth-order valence-corrected chi connectivity index (χ4v) is 2.53. The lowest BCUT2D eigenvalue weighted by Crippen LogP contribution is -2.28. The first-order valence-electron chi connectivity index (χ1n) is 5.45. The van der Waals surface area contributed by atoms with Gasteiger partial charge in [0.25, 0.3) is 5.91 Å². The van der Waals surface area contributed by atoms with Gasteiger partial charge in [0.1, 0.15) is 11.6 Å². The van der Waals surface area contributed by atoms with E-state index in [0.29, 0.717) is 19.0 Å². The van der Waals surface area contributed by atoms with Gasteiger partial charge in [-0.2, -0.15) is 0 Å². The zero-order valence-electron chi connectivity index (χ0n) is 9.20. The molecule has 17 heavy (non-hydrogen) atoms. The normalized spacial score (nSPS) is 19.6. The van der Waals surface area contributed by atoms with E-state index in [2.05, 4.69) is 15.9 Å². The number of likely N-dealkylation sites (tertiary alicyclic amines) is 1. The van der Waals surface area contributed by atoms with Gasteiger partial charge in [-0.15, -0.1) is 0 Å². The van der Waals surface area contributed by atoms with Gasteiger partial charge in [-0.25, -0.2) is 4.39 Å². The van der Waals surface area contributed by atoms with Gasteiger partial charge in [0.15, 0.2) is 0 Å². The molecule has 1 atom stereocenters. The molecule has 3 nitrogen and oxygen atoms in total. The zero-order valence-corrected chi connectivity index (χ0v) is 10.8. The fraction of sp³-hybridized carbons (Fsp3) is 0.417. The summed E-state index contributed by atoms with van der Waals surface area (Å²) in [6.07, 6.45) is 0.957. The molecule has 1 aliphatic rings. The number of benzene rings is 1. The van der Waals surface area contributed by atoms with Gasteiger partial charge in [-0.1, -0.05) is 15.9 Å². The van der Waals surface area contributed by atoms with Crippen LogP contribution < -0.4 is 0 Å². The van der Waals surface area contributed by atoms with E-state index in [0.717, 1.165) is 17.8 Å². The molecule has 1 aliphatic heterocycles. The van der Waals surface area contributed by atoms with Crippen molar-refractivity contribution in [3.05, 3.63) is 29.6 Å². The second-order valence-electron chi connectivity index (χ2n) is 4.22. The average molecular weight is 302 g/mol.